The summed E-state index contributed by atoms with van der Waals surface area (Å²) in [5, 5.41) is 2.57. The van der Waals surface area contributed by atoms with E-state index in [1.807, 2.05) is 23.3 Å². The summed E-state index contributed by atoms with van der Waals surface area (Å²) in [4.78, 5) is 29.7. The van der Waals surface area contributed by atoms with Crippen LogP contribution in [0.25, 0.3) is 5.65 Å². The van der Waals surface area contributed by atoms with Gasteiger partial charge in [0.2, 0.25) is 0 Å². The number of halogens is 3. The maximum absolute atomic E-state index is 13.9. The summed E-state index contributed by atoms with van der Waals surface area (Å²) < 4.78 is 43.5. The molecule has 1 saturated heterocycles. The van der Waals surface area contributed by atoms with Crippen molar-refractivity contribution >= 4 is 17.2 Å². The highest BCUT2D eigenvalue weighted by Gasteiger charge is 2.34. The zero-order valence-electron chi connectivity index (χ0n) is 21.5. The number of imidazole rings is 1. The fraction of sp³-hybridized carbons (Fsp3) is 0.286. The Kier molecular flexibility index (Phi) is 7.32. The molecule has 0 saturated carbocycles. The van der Waals surface area contributed by atoms with Crippen LogP contribution >= 0.6 is 0 Å². The van der Waals surface area contributed by atoms with E-state index in [9.17, 15) is 18.0 Å². The lowest BCUT2D eigenvalue weighted by Gasteiger charge is -2.33. The lowest BCUT2D eigenvalue weighted by Crippen LogP contribution is -2.44. The molecule has 1 aromatic carbocycles. The van der Waals surface area contributed by atoms with E-state index >= 15 is 0 Å². The SMILES string of the molecule is Cc1nccc2ncc(C#Cc3cncc(C(=O)Nc4ccc(CN5CCN(C)CC5)c(C(F)(F)F)c4)c3)n12. The molecule has 11 heteroatoms. The number of amides is 1. The molecule has 0 spiro atoms. The number of hydrogen-bond donors (Lipinski definition) is 1. The third kappa shape index (κ3) is 6.08. The third-order valence-electron chi connectivity index (χ3n) is 6.60. The fourth-order valence-electron chi connectivity index (χ4n) is 4.46. The predicted molar refractivity (Wildman–Crippen MR) is 140 cm³/mol. The van der Waals surface area contributed by atoms with Crippen molar-refractivity contribution in [2.24, 2.45) is 0 Å². The summed E-state index contributed by atoms with van der Waals surface area (Å²) in [6.45, 7) is 5.06. The van der Waals surface area contributed by atoms with E-state index in [1.54, 1.807) is 18.5 Å². The lowest BCUT2D eigenvalue weighted by molar-refractivity contribution is -0.138. The van der Waals surface area contributed by atoms with Gasteiger partial charge in [0.25, 0.3) is 5.91 Å². The molecule has 4 aromatic rings. The normalized spacial score (nSPS) is 14.7. The van der Waals surface area contributed by atoms with E-state index in [0.29, 0.717) is 30.0 Å². The van der Waals surface area contributed by atoms with Gasteiger partial charge in [-0.1, -0.05) is 12.0 Å². The first-order valence-corrected chi connectivity index (χ1v) is 12.4. The van der Waals surface area contributed by atoms with Gasteiger partial charge in [0, 0.05) is 62.6 Å². The van der Waals surface area contributed by atoms with Gasteiger partial charge in [-0.15, -0.1) is 0 Å². The summed E-state index contributed by atoms with van der Waals surface area (Å²) in [7, 11) is 1.99. The largest absolute Gasteiger partial charge is 0.416 e. The summed E-state index contributed by atoms with van der Waals surface area (Å²) >= 11 is 0. The smallest absolute Gasteiger partial charge is 0.322 e. The first kappa shape index (κ1) is 26.3. The molecule has 1 aliphatic rings. The van der Waals surface area contributed by atoms with Crippen molar-refractivity contribution in [1.29, 1.82) is 0 Å². The van der Waals surface area contributed by atoms with E-state index < -0.39 is 17.6 Å². The van der Waals surface area contributed by atoms with E-state index in [0.717, 1.165) is 25.0 Å². The van der Waals surface area contributed by atoms with Crippen LogP contribution in [0.3, 0.4) is 0 Å². The Morgan fingerprint density at radius 1 is 1.03 bits per heavy atom. The first-order valence-electron chi connectivity index (χ1n) is 12.4. The van der Waals surface area contributed by atoms with Crippen LogP contribution in [0.15, 0.2) is 55.1 Å². The van der Waals surface area contributed by atoms with Crippen molar-refractivity contribution in [1.82, 2.24) is 29.2 Å². The third-order valence-corrected chi connectivity index (χ3v) is 6.60. The van der Waals surface area contributed by atoms with Crippen molar-refractivity contribution in [3.8, 4) is 11.8 Å². The average molecular weight is 534 g/mol. The van der Waals surface area contributed by atoms with Crippen LogP contribution in [-0.2, 0) is 12.7 Å². The van der Waals surface area contributed by atoms with Gasteiger partial charge in [-0.3, -0.25) is 19.1 Å². The Bertz CT molecular complexity index is 1580. The molecule has 0 bridgehead atoms. The van der Waals surface area contributed by atoms with Crippen LogP contribution in [0.1, 0.15) is 38.6 Å². The minimum Gasteiger partial charge on any atom is -0.322 e. The number of aromatic nitrogens is 4. The zero-order valence-corrected chi connectivity index (χ0v) is 21.5. The topological polar surface area (TPSA) is 78.7 Å². The molecule has 4 heterocycles. The monoisotopic (exact) mass is 533 g/mol. The van der Waals surface area contributed by atoms with Gasteiger partial charge < -0.3 is 10.2 Å². The second-order valence-electron chi connectivity index (χ2n) is 9.44. The lowest BCUT2D eigenvalue weighted by atomic mass is 10.0. The highest BCUT2D eigenvalue weighted by Crippen LogP contribution is 2.34. The first-order chi connectivity index (χ1) is 18.7. The van der Waals surface area contributed by atoms with Crippen molar-refractivity contribution < 1.29 is 18.0 Å². The van der Waals surface area contributed by atoms with Crippen molar-refractivity contribution in [2.75, 3.05) is 38.5 Å². The molecule has 3 aromatic heterocycles. The Morgan fingerprint density at radius 2 is 1.82 bits per heavy atom. The number of anilines is 1. The van der Waals surface area contributed by atoms with Crippen LogP contribution in [0, 0.1) is 18.8 Å². The number of fused-ring (bicyclic) bond motifs is 1. The Labute approximate surface area is 223 Å². The quantitative estimate of drug-likeness (QED) is 0.402. The number of carbonyl (C=O) groups excluding carboxylic acids is 1. The molecule has 1 aliphatic heterocycles. The summed E-state index contributed by atoms with van der Waals surface area (Å²) in [5.41, 5.74) is 1.47. The number of benzene rings is 1. The molecule has 0 atom stereocenters. The second-order valence-corrected chi connectivity index (χ2v) is 9.44. The molecule has 0 unspecified atom stereocenters. The number of nitrogens with one attached hydrogen (secondary N) is 1. The minimum absolute atomic E-state index is 0.0552. The number of nitrogens with zero attached hydrogens (tertiary/aromatic N) is 6. The highest BCUT2D eigenvalue weighted by molar-refractivity contribution is 6.04. The molecule has 0 aliphatic carbocycles. The van der Waals surface area contributed by atoms with Gasteiger partial charge in [-0.25, -0.2) is 9.97 Å². The molecule has 200 valence electrons. The van der Waals surface area contributed by atoms with Crippen molar-refractivity contribution in [3.63, 3.8) is 0 Å². The maximum atomic E-state index is 13.9. The van der Waals surface area contributed by atoms with E-state index in [2.05, 4.69) is 37.0 Å². The zero-order chi connectivity index (χ0) is 27.6. The number of likely N-dealkylation sites (N-methyl/N-ethyl adjacent to an activating group) is 1. The molecule has 8 nitrogen and oxygen atoms in total. The molecular formula is C28H26F3N7O. The van der Waals surface area contributed by atoms with Gasteiger partial charge in [0.05, 0.1) is 17.3 Å². The molecule has 0 radical (unpaired) electrons. The Hall–Kier alpha value is -4.27. The van der Waals surface area contributed by atoms with Crippen LogP contribution in [-0.4, -0.2) is 68.3 Å². The van der Waals surface area contributed by atoms with Gasteiger partial charge in [-0.05, 0) is 49.7 Å². The van der Waals surface area contributed by atoms with E-state index in [-0.39, 0.29) is 23.4 Å². The number of pyridine rings is 1. The number of hydrogen-bond acceptors (Lipinski definition) is 6. The van der Waals surface area contributed by atoms with Gasteiger partial charge in [-0.2, -0.15) is 13.2 Å². The number of carbonyl (C=O) groups is 1. The average Bonchev–Trinajstić information content (AvgIpc) is 3.33. The summed E-state index contributed by atoms with van der Waals surface area (Å²) in [6, 6.07) is 7.23. The van der Waals surface area contributed by atoms with Crippen molar-refractivity contribution in [3.05, 3.63) is 88.9 Å². The van der Waals surface area contributed by atoms with Gasteiger partial charge >= 0.3 is 6.18 Å². The van der Waals surface area contributed by atoms with Gasteiger partial charge in [0.1, 0.15) is 17.2 Å². The Balaban J connectivity index is 1.33. The van der Waals surface area contributed by atoms with E-state index in [1.165, 1.54) is 30.6 Å². The summed E-state index contributed by atoms with van der Waals surface area (Å²) in [5.74, 6) is 6.13. The molecule has 1 fully saturated rings. The number of rotatable bonds is 4. The number of aryl methyl sites for hydroxylation is 1. The van der Waals surface area contributed by atoms with E-state index in [4.69, 9.17) is 0 Å². The molecule has 39 heavy (non-hydrogen) atoms. The molecule has 1 N–H and O–H groups in total. The number of piperazine rings is 1. The fourth-order valence-corrected chi connectivity index (χ4v) is 4.46. The highest BCUT2D eigenvalue weighted by atomic mass is 19.4. The standard InChI is InChI=1S/C28H26F3N7O/c1-19-33-8-7-26-34-17-24(38(19)26)6-3-20-13-22(16-32-15-20)27(39)35-23-5-4-21(25(14-23)28(29,30)31)18-37-11-9-36(2)10-12-37/h4-5,7-8,13-17H,9-12,18H2,1-2H3,(H,35,39). The molecular weight excluding hydrogens is 507 g/mol. The van der Waals surface area contributed by atoms with Crippen LogP contribution < -0.4 is 5.32 Å². The van der Waals surface area contributed by atoms with Crippen LogP contribution in [0.4, 0.5) is 18.9 Å². The molecule has 5 rings (SSSR count). The Morgan fingerprint density at radius 3 is 2.59 bits per heavy atom. The second kappa shape index (κ2) is 10.8. The van der Waals surface area contributed by atoms with Gasteiger partial charge in [0.15, 0.2) is 0 Å². The van der Waals surface area contributed by atoms with Crippen LogP contribution in [0.5, 0.6) is 0 Å². The summed E-state index contributed by atoms with van der Waals surface area (Å²) in [6.07, 6.45) is 1.60. The predicted octanol–water partition coefficient (Wildman–Crippen LogP) is 3.85. The molecule has 1 amide bonds. The van der Waals surface area contributed by atoms with Crippen molar-refractivity contribution in [2.45, 2.75) is 19.6 Å². The number of alkyl halides is 3. The minimum atomic E-state index is -4.55. The maximum Gasteiger partial charge on any atom is 0.416 e. The van der Waals surface area contributed by atoms with Crippen LogP contribution in [0.2, 0.25) is 0 Å².